The lowest BCUT2D eigenvalue weighted by atomic mass is 10.1. The Morgan fingerprint density at radius 2 is 2.25 bits per heavy atom. The average Bonchev–Trinajstić information content (AvgIpc) is 2.05. The number of aromatic hydroxyl groups is 1. The zero-order valence-electron chi connectivity index (χ0n) is 6.66. The van der Waals surface area contributed by atoms with E-state index in [2.05, 4.69) is 0 Å². The summed E-state index contributed by atoms with van der Waals surface area (Å²) in [6.07, 6.45) is 0.323. The van der Waals surface area contributed by atoms with Crippen molar-refractivity contribution in [2.24, 2.45) is 5.73 Å². The van der Waals surface area contributed by atoms with Crippen LogP contribution in [0.2, 0.25) is 0 Å². The van der Waals surface area contributed by atoms with Crippen LogP contribution in [0, 0.1) is 0 Å². The van der Waals surface area contributed by atoms with Crippen LogP contribution in [-0.4, -0.2) is 17.4 Å². The predicted molar refractivity (Wildman–Crippen MR) is 46.1 cm³/mol. The molecule has 0 aliphatic heterocycles. The lowest BCUT2D eigenvalue weighted by Gasteiger charge is -1.98. The minimum Gasteiger partial charge on any atom is -0.508 e. The number of hydrogen-bond donors (Lipinski definition) is 2. The molecular formula is C9H11NO2. The Balaban J connectivity index is 2.81. The van der Waals surface area contributed by atoms with Gasteiger partial charge in [0.15, 0.2) is 5.78 Å². The summed E-state index contributed by atoms with van der Waals surface area (Å²) in [5, 5.41) is 9.05. The summed E-state index contributed by atoms with van der Waals surface area (Å²) in [7, 11) is 0. The van der Waals surface area contributed by atoms with Gasteiger partial charge in [-0.3, -0.25) is 4.79 Å². The fraction of sp³-hybridized carbons (Fsp3) is 0.222. The highest BCUT2D eigenvalue weighted by Crippen LogP contribution is 2.11. The molecule has 0 saturated carbocycles. The van der Waals surface area contributed by atoms with Crippen LogP contribution >= 0.6 is 0 Å². The Morgan fingerprint density at radius 3 is 2.83 bits per heavy atom. The average molecular weight is 165 g/mol. The number of carbonyl (C=O) groups excluding carboxylic acids is 1. The fourth-order valence-corrected chi connectivity index (χ4v) is 0.955. The number of benzene rings is 1. The molecule has 0 aliphatic carbocycles. The topological polar surface area (TPSA) is 63.3 Å². The van der Waals surface area contributed by atoms with Crippen molar-refractivity contribution < 1.29 is 9.90 Å². The van der Waals surface area contributed by atoms with Gasteiger partial charge in [0.1, 0.15) is 5.75 Å². The van der Waals surface area contributed by atoms with E-state index in [-0.39, 0.29) is 11.5 Å². The number of phenols is 1. The van der Waals surface area contributed by atoms with Gasteiger partial charge < -0.3 is 10.8 Å². The number of hydrogen-bond acceptors (Lipinski definition) is 3. The van der Waals surface area contributed by atoms with Crippen LogP contribution in [0.4, 0.5) is 0 Å². The Labute approximate surface area is 70.8 Å². The van der Waals surface area contributed by atoms with Crippen molar-refractivity contribution >= 4 is 5.78 Å². The maximum absolute atomic E-state index is 11.2. The Bertz CT molecular complexity index is 284. The number of phenolic OH excluding ortho intramolecular Hbond substituents is 1. The van der Waals surface area contributed by atoms with Gasteiger partial charge >= 0.3 is 0 Å². The van der Waals surface area contributed by atoms with Crippen LogP contribution in [0.3, 0.4) is 0 Å². The van der Waals surface area contributed by atoms with E-state index in [0.717, 1.165) is 0 Å². The SMILES string of the molecule is NCCC(=O)c1cccc(O)c1. The zero-order valence-corrected chi connectivity index (χ0v) is 6.66. The minimum absolute atomic E-state index is 0.0339. The van der Waals surface area contributed by atoms with Gasteiger partial charge in [-0.1, -0.05) is 12.1 Å². The lowest BCUT2D eigenvalue weighted by molar-refractivity contribution is 0.0985. The van der Waals surface area contributed by atoms with Crippen molar-refractivity contribution in [3.63, 3.8) is 0 Å². The molecule has 0 aliphatic rings. The predicted octanol–water partition coefficient (Wildman–Crippen LogP) is 0.924. The monoisotopic (exact) mass is 165 g/mol. The summed E-state index contributed by atoms with van der Waals surface area (Å²) < 4.78 is 0. The third-order valence-electron chi connectivity index (χ3n) is 1.54. The summed E-state index contributed by atoms with van der Waals surface area (Å²) in [6, 6.07) is 6.27. The molecule has 0 aromatic heterocycles. The first-order valence-corrected chi connectivity index (χ1v) is 3.76. The summed E-state index contributed by atoms with van der Waals surface area (Å²) in [4.78, 5) is 11.2. The maximum atomic E-state index is 11.2. The second-order valence-electron chi connectivity index (χ2n) is 2.51. The molecule has 1 aromatic rings. The van der Waals surface area contributed by atoms with Gasteiger partial charge in [0.2, 0.25) is 0 Å². The molecule has 0 spiro atoms. The summed E-state index contributed by atoms with van der Waals surface area (Å²) in [5.74, 6) is 0.0753. The van der Waals surface area contributed by atoms with E-state index in [9.17, 15) is 4.79 Å². The normalized spacial score (nSPS) is 9.75. The Kier molecular flexibility index (Phi) is 2.82. The summed E-state index contributed by atoms with van der Waals surface area (Å²) in [6.45, 7) is 0.342. The highest BCUT2D eigenvalue weighted by Gasteiger charge is 2.03. The van der Waals surface area contributed by atoms with Gasteiger partial charge in [0, 0.05) is 12.0 Å². The zero-order chi connectivity index (χ0) is 8.97. The van der Waals surface area contributed by atoms with Gasteiger partial charge in [-0.15, -0.1) is 0 Å². The maximum Gasteiger partial charge on any atom is 0.164 e. The van der Waals surface area contributed by atoms with Crippen molar-refractivity contribution in [3.05, 3.63) is 29.8 Å². The van der Waals surface area contributed by atoms with Crippen molar-refractivity contribution in [3.8, 4) is 5.75 Å². The van der Waals surface area contributed by atoms with E-state index in [1.165, 1.54) is 12.1 Å². The van der Waals surface area contributed by atoms with Crippen molar-refractivity contribution in [2.75, 3.05) is 6.54 Å². The molecular weight excluding hydrogens is 154 g/mol. The van der Waals surface area contributed by atoms with Crippen LogP contribution in [0.25, 0.3) is 0 Å². The number of Topliss-reactive ketones (excluding diaryl/α,β-unsaturated/α-hetero) is 1. The molecule has 64 valence electrons. The van der Waals surface area contributed by atoms with Gasteiger partial charge in [0.25, 0.3) is 0 Å². The third-order valence-corrected chi connectivity index (χ3v) is 1.54. The first-order valence-electron chi connectivity index (χ1n) is 3.76. The molecule has 3 heteroatoms. The van der Waals surface area contributed by atoms with Crippen molar-refractivity contribution in [2.45, 2.75) is 6.42 Å². The largest absolute Gasteiger partial charge is 0.508 e. The first-order chi connectivity index (χ1) is 5.74. The summed E-state index contributed by atoms with van der Waals surface area (Å²) >= 11 is 0. The standard InChI is InChI=1S/C9H11NO2/c10-5-4-9(12)7-2-1-3-8(11)6-7/h1-3,6,11H,4-5,10H2. The highest BCUT2D eigenvalue weighted by molar-refractivity contribution is 5.96. The van der Waals surface area contributed by atoms with Gasteiger partial charge in [-0.25, -0.2) is 0 Å². The number of rotatable bonds is 3. The molecule has 0 saturated heterocycles. The van der Waals surface area contributed by atoms with E-state index < -0.39 is 0 Å². The number of nitrogens with two attached hydrogens (primary N) is 1. The van der Waals surface area contributed by atoms with E-state index in [1.807, 2.05) is 0 Å². The Morgan fingerprint density at radius 1 is 1.50 bits per heavy atom. The highest BCUT2D eigenvalue weighted by atomic mass is 16.3. The second kappa shape index (κ2) is 3.88. The van der Waals surface area contributed by atoms with E-state index in [0.29, 0.717) is 18.5 Å². The Hall–Kier alpha value is -1.35. The molecule has 0 bridgehead atoms. The minimum atomic E-state index is -0.0339. The third kappa shape index (κ3) is 2.07. The molecule has 0 heterocycles. The van der Waals surface area contributed by atoms with Crippen LogP contribution < -0.4 is 5.73 Å². The molecule has 3 nitrogen and oxygen atoms in total. The van der Waals surface area contributed by atoms with Gasteiger partial charge in [0.05, 0.1) is 0 Å². The van der Waals surface area contributed by atoms with E-state index >= 15 is 0 Å². The van der Waals surface area contributed by atoms with Crippen molar-refractivity contribution in [1.82, 2.24) is 0 Å². The quantitative estimate of drug-likeness (QED) is 0.655. The van der Waals surface area contributed by atoms with Crippen LogP contribution in [0.5, 0.6) is 5.75 Å². The van der Waals surface area contributed by atoms with Crippen LogP contribution in [-0.2, 0) is 0 Å². The molecule has 1 aromatic carbocycles. The molecule has 0 atom stereocenters. The van der Waals surface area contributed by atoms with Crippen LogP contribution in [0.1, 0.15) is 16.8 Å². The molecule has 0 amide bonds. The summed E-state index contributed by atoms with van der Waals surface area (Å²) in [5.41, 5.74) is 5.74. The lowest BCUT2D eigenvalue weighted by Crippen LogP contribution is -2.07. The second-order valence-corrected chi connectivity index (χ2v) is 2.51. The van der Waals surface area contributed by atoms with E-state index in [4.69, 9.17) is 10.8 Å². The fourth-order valence-electron chi connectivity index (χ4n) is 0.955. The van der Waals surface area contributed by atoms with Crippen LogP contribution in [0.15, 0.2) is 24.3 Å². The molecule has 12 heavy (non-hydrogen) atoms. The number of ketones is 1. The van der Waals surface area contributed by atoms with Gasteiger partial charge in [-0.05, 0) is 18.7 Å². The number of carbonyl (C=O) groups is 1. The van der Waals surface area contributed by atoms with E-state index in [1.54, 1.807) is 12.1 Å². The molecule has 0 unspecified atom stereocenters. The molecule has 0 radical (unpaired) electrons. The molecule has 3 N–H and O–H groups in total. The van der Waals surface area contributed by atoms with Gasteiger partial charge in [-0.2, -0.15) is 0 Å². The molecule has 1 rings (SSSR count). The van der Waals surface area contributed by atoms with Crippen molar-refractivity contribution in [1.29, 1.82) is 0 Å². The smallest absolute Gasteiger partial charge is 0.164 e. The molecule has 0 fully saturated rings. The first kappa shape index (κ1) is 8.74.